The number of hydrogen-bond acceptors (Lipinski definition) is 5. The van der Waals surface area contributed by atoms with Crippen molar-refractivity contribution in [3.05, 3.63) is 64.7 Å². The van der Waals surface area contributed by atoms with Gasteiger partial charge in [-0.05, 0) is 48.9 Å². The Morgan fingerprint density at radius 2 is 1.81 bits per heavy atom. The van der Waals surface area contributed by atoms with Gasteiger partial charge in [-0.25, -0.2) is 13.2 Å². The Kier molecular flexibility index (Phi) is 7.69. The van der Waals surface area contributed by atoms with E-state index in [1.165, 1.54) is 35.1 Å². The van der Waals surface area contributed by atoms with E-state index in [-0.39, 0.29) is 15.5 Å². The van der Waals surface area contributed by atoms with Crippen LogP contribution < -0.4 is 5.32 Å². The molecule has 0 bridgehead atoms. The van der Waals surface area contributed by atoms with Crippen molar-refractivity contribution >= 4 is 33.5 Å². The molecule has 0 radical (unpaired) electrons. The summed E-state index contributed by atoms with van der Waals surface area (Å²) < 4.78 is 32.7. The van der Waals surface area contributed by atoms with Gasteiger partial charge in [0.25, 0.3) is 5.91 Å². The maximum atomic E-state index is 13.2. The van der Waals surface area contributed by atoms with Crippen LogP contribution in [0.2, 0.25) is 5.02 Å². The van der Waals surface area contributed by atoms with E-state index in [2.05, 4.69) is 17.4 Å². The van der Waals surface area contributed by atoms with Gasteiger partial charge in [0.15, 0.2) is 6.61 Å². The third-order valence-electron chi connectivity index (χ3n) is 5.34. The van der Waals surface area contributed by atoms with E-state index in [4.69, 9.17) is 16.3 Å². The number of sulfonamides is 1. The van der Waals surface area contributed by atoms with Crippen molar-refractivity contribution < 1.29 is 22.7 Å². The van der Waals surface area contributed by atoms with Gasteiger partial charge in [0.1, 0.15) is 4.90 Å². The van der Waals surface area contributed by atoms with Crippen LogP contribution in [-0.2, 0) is 26.0 Å². The number of nitrogens with zero attached hydrogens (tertiary/aromatic N) is 1. The van der Waals surface area contributed by atoms with E-state index >= 15 is 0 Å². The molecule has 0 atom stereocenters. The van der Waals surface area contributed by atoms with Crippen LogP contribution >= 0.6 is 11.6 Å². The molecule has 1 aliphatic heterocycles. The molecule has 1 saturated heterocycles. The summed E-state index contributed by atoms with van der Waals surface area (Å²) >= 11 is 6.17. The predicted octanol–water partition coefficient (Wildman–Crippen LogP) is 2.89. The van der Waals surface area contributed by atoms with Crippen molar-refractivity contribution in [2.45, 2.75) is 24.2 Å². The molecule has 0 aliphatic carbocycles. The Morgan fingerprint density at radius 1 is 1.13 bits per heavy atom. The zero-order chi connectivity index (χ0) is 22.4. The zero-order valence-corrected chi connectivity index (χ0v) is 18.8. The average molecular weight is 465 g/mol. The molecule has 0 spiro atoms. The number of ether oxygens (including phenoxy) is 1. The van der Waals surface area contributed by atoms with Crippen molar-refractivity contribution in [1.29, 1.82) is 0 Å². The Hall–Kier alpha value is -2.42. The second-order valence-corrected chi connectivity index (χ2v) is 9.75. The van der Waals surface area contributed by atoms with Crippen molar-refractivity contribution in [3.63, 3.8) is 0 Å². The van der Waals surface area contributed by atoms with Gasteiger partial charge < -0.3 is 10.1 Å². The lowest BCUT2D eigenvalue weighted by atomic mass is 9.91. The van der Waals surface area contributed by atoms with Crippen LogP contribution in [0.4, 0.5) is 0 Å². The number of carbonyl (C=O) groups is 2. The Labute approximate surface area is 187 Å². The molecule has 2 aromatic carbocycles. The Balaban J connectivity index is 1.69. The molecule has 3 rings (SSSR count). The fourth-order valence-electron chi connectivity index (χ4n) is 3.55. The molecule has 2 aromatic rings. The van der Waals surface area contributed by atoms with Crippen molar-refractivity contribution in [3.8, 4) is 0 Å². The number of carbonyl (C=O) groups excluding carboxylic acids is 2. The molecule has 9 heteroatoms. The minimum Gasteiger partial charge on any atom is -0.452 e. The van der Waals surface area contributed by atoms with E-state index in [1.54, 1.807) is 0 Å². The van der Waals surface area contributed by atoms with Crippen LogP contribution in [0.5, 0.6) is 0 Å². The molecule has 0 saturated carbocycles. The Bertz CT molecular complexity index is 1040. The fourth-order valence-corrected chi connectivity index (χ4v) is 5.52. The maximum Gasteiger partial charge on any atom is 0.338 e. The molecule has 1 fully saturated rings. The molecular formula is C22H25ClN2O5S. The largest absolute Gasteiger partial charge is 0.452 e. The quantitative estimate of drug-likeness (QED) is 0.636. The summed E-state index contributed by atoms with van der Waals surface area (Å²) in [5, 5.41) is 2.37. The summed E-state index contributed by atoms with van der Waals surface area (Å²) in [5.74, 6) is -0.845. The third kappa shape index (κ3) is 5.84. The first kappa shape index (κ1) is 23.2. The lowest BCUT2D eigenvalue weighted by Gasteiger charge is -2.31. The number of rotatable bonds is 7. The average Bonchev–Trinajstić information content (AvgIpc) is 2.78. The summed E-state index contributed by atoms with van der Waals surface area (Å²) in [4.78, 5) is 23.3. The lowest BCUT2D eigenvalue weighted by molar-refractivity contribution is -0.123. The minimum absolute atomic E-state index is 0.0193. The molecule has 166 valence electrons. The van der Waals surface area contributed by atoms with Gasteiger partial charge in [0.2, 0.25) is 10.0 Å². The molecule has 1 amide bonds. The number of nitrogens with one attached hydrogen (secondary N) is 1. The van der Waals surface area contributed by atoms with Gasteiger partial charge in [-0.2, -0.15) is 4.31 Å². The summed E-state index contributed by atoms with van der Waals surface area (Å²) in [5.41, 5.74) is 1.26. The van der Waals surface area contributed by atoms with Crippen LogP contribution in [0.15, 0.2) is 53.4 Å². The van der Waals surface area contributed by atoms with Crippen LogP contribution in [0.1, 0.15) is 28.8 Å². The van der Waals surface area contributed by atoms with E-state index < -0.39 is 28.5 Å². The van der Waals surface area contributed by atoms with E-state index in [0.717, 1.165) is 19.3 Å². The molecular weight excluding hydrogens is 440 g/mol. The molecule has 31 heavy (non-hydrogen) atoms. The topological polar surface area (TPSA) is 92.8 Å². The smallest absolute Gasteiger partial charge is 0.338 e. The second kappa shape index (κ2) is 10.3. The number of hydrogen-bond donors (Lipinski definition) is 1. The number of amides is 1. The standard InChI is InChI=1S/C22H25ClN2O5S/c1-24-21(26)15-30-22(27)18-7-8-19(23)20(14-18)31(28,29)25-11-9-17(10-12-25)13-16-5-3-2-4-6-16/h2-8,14,17H,9-13,15H2,1H3,(H,24,26). The first-order chi connectivity index (χ1) is 14.8. The summed E-state index contributed by atoms with van der Waals surface area (Å²) in [7, 11) is -2.44. The van der Waals surface area contributed by atoms with Crippen LogP contribution in [0.25, 0.3) is 0 Å². The van der Waals surface area contributed by atoms with Crippen molar-refractivity contribution in [2.24, 2.45) is 5.92 Å². The van der Waals surface area contributed by atoms with Crippen molar-refractivity contribution in [1.82, 2.24) is 9.62 Å². The van der Waals surface area contributed by atoms with Gasteiger partial charge >= 0.3 is 5.97 Å². The van der Waals surface area contributed by atoms with Crippen LogP contribution in [-0.4, -0.2) is 51.3 Å². The van der Waals surface area contributed by atoms with Gasteiger partial charge in [0.05, 0.1) is 10.6 Å². The highest BCUT2D eigenvalue weighted by atomic mass is 35.5. The molecule has 0 unspecified atom stereocenters. The predicted molar refractivity (Wildman–Crippen MR) is 117 cm³/mol. The highest BCUT2D eigenvalue weighted by Crippen LogP contribution is 2.30. The third-order valence-corrected chi connectivity index (χ3v) is 7.72. The van der Waals surface area contributed by atoms with Gasteiger partial charge in [0, 0.05) is 20.1 Å². The zero-order valence-electron chi connectivity index (χ0n) is 17.2. The molecule has 1 aliphatic rings. The molecule has 7 nitrogen and oxygen atoms in total. The summed E-state index contributed by atoms with van der Waals surface area (Å²) in [6, 6.07) is 14.1. The maximum absolute atomic E-state index is 13.2. The van der Waals surface area contributed by atoms with Gasteiger partial charge in [-0.1, -0.05) is 41.9 Å². The number of piperidine rings is 1. The summed E-state index contributed by atoms with van der Waals surface area (Å²) in [6.45, 7) is 0.331. The normalized spacial score (nSPS) is 15.4. The number of benzene rings is 2. The van der Waals surface area contributed by atoms with Gasteiger partial charge in [-0.15, -0.1) is 0 Å². The highest BCUT2D eigenvalue weighted by molar-refractivity contribution is 7.89. The van der Waals surface area contributed by atoms with Crippen LogP contribution in [0, 0.1) is 5.92 Å². The monoisotopic (exact) mass is 464 g/mol. The second-order valence-electron chi connectivity index (χ2n) is 7.43. The molecule has 1 N–H and O–H groups in total. The van der Waals surface area contributed by atoms with Crippen molar-refractivity contribution in [2.75, 3.05) is 26.7 Å². The van der Waals surface area contributed by atoms with E-state index in [1.807, 2.05) is 18.2 Å². The lowest BCUT2D eigenvalue weighted by Crippen LogP contribution is -2.39. The minimum atomic E-state index is -3.87. The summed E-state index contributed by atoms with van der Waals surface area (Å²) in [6.07, 6.45) is 2.42. The van der Waals surface area contributed by atoms with Crippen LogP contribution in [0.3, 0.4) is 0 Å². The first-order valence-corrected chi connectivity index (χ1v) is 11.8. The molecule has 0 aromatic heterocycles. The number of halogens is 1. The number of esters is 1. The first-order valence-electron chi connectivity index (χ1n) is 10.0. The molecule has 1 heterocycles. The fraction of sp³-hybridized carbons (Fsp3) is 0.364. The number of likely N-dealkylation sites (N-methyl/N-ethyl adjacent to an activating group) is 1. The SMILES string of the molecule is CNC(=O)COC(=O)c1ccc(Cl)c(S(=O)(=O)N2CCC(Cc3ccccc3)CC2)c1. The van der Waals surface area contributed by atoms with E-state index in [9.17, 15) is 18.0 Å². The van der Waals surface area contributed by atoms with Gasteiger partial charge in [-0.3, -0.25) is 4.79 Å². The van der Waals surface area contributed by atoms with E-state index in [0.29, 0.717) is 19.0 Å². The Morgan fingerprint density at radius 3 is 2.45 bits per heavy atom. The highest BCUT2D eigenvalue weighted by Gasteiger charge is 2.31.